The van der Waals surface area contributed by atoms with Gasteiger partial charge in [-0.25, -0.2) is 4.99 Å². The Balaban J connectivity index is 1.69. The maximum absolute atomic E-state index is 13.3. The lowest BCUT2D eigenvalue weighted by Crippen LogP contribution is -2.28. The number of benzene rings is 3. The van der Waals surface area contributed by atoms with E-state index in [1.807, 2.05) is 91.9 Å². The number of ether oxygens (including phenoxy) is 1. The third-order valence-corrected chi connectivity index (χ3v) is 5.78. The molecule has 0 radical (unpaired) electrons. The Hall–Kier alpha value is -3.02. The number of rotatable bonds is 6. The summed E-state index contributed by atoms with van der Waals surface area (Å²) in [5, 5.41) is 1.14. The molecule has 0 bridgehead atoms. The Bertz CT molecular complexity index is 1130. The summed E-state index contributed by atoms with van der Waals surface area (Å²) in [6.07, 6.45) is 2.75. The van der Waals surface area contributed by atoms with Crippen molar-refractivity contribution < 1.29 is 9.53 Å². The minimum absolute atomic E-state index is 0.117. The molecule has 0 spiro atoms. The van der Waals surface area contributed by atoms with Gasteiger partial charge in [-0.3, -0.25) is 9.69 Å². The summed E-state index contributed by atoms with van der Waals surface area (Å²) in [6.45, 7) is 2.66. The molecule has 4 nitrogen and oxygen atoms in total. The van der Waals surface area contributed by atoms with Gasteiger partial charge in [0.2, 0.25) is 0 Å². The van der Waals surface area contributed by atoms with Crippen molar-refractivity contribution in [3.63, 3.8) is 0 Å². The number of para-hydroxylation sites is 2. The Morgan fingerprint density at radius 2 is 1.74 bits per heavy atom. The zero-order valence-electron chi connectivity index (χ0n) is 17.0. The minimum Gasteiger partial charge on any atom is -0.492 e. The molecular weight excluding hydrogens is 428 g/mol. The van der Waals surface area contributed by atoms with E-state index in [1.54, 1.807) is 4.90 Å². The number of carbonyl (C=O) groups is 1. The molecule has 156 valence electrons. The average molecular weight is 449 g/mol. The van der Waals surface area contributed by atoms with Gasteiger partial charge >= 0.3 is 0 Å². The van der Waals surface area contributed by atoms with Crippen LogP contribution < -0.4 is 9.64 Å². The number of hydrogen-bond acceptors (Lipinski definition) is 4. The molecule has 0 atom stereocenters. The normalized spacial score (nSPS) is 16.3. The number of nitrogens with zero attached hydrogens (tertiary/aromatic N) is 2. The second-order valence-corrected chi connectivity index (χ2v) is 8.27. The number of amides is 1. The van der Waals surface area contributed by atoms with Crippen LogP contribution in [0.25, 0.3) is 6.08 Å². The lowest BCUT2D eigenvalue weighted by atomic mass is 10.2. The first-order valence-electron chi connectivity index (χ1n) is 10.0. The van der Waals surface area contributed by atoms with Crippen LogP contribution in [-0.2, 0) is 4.79 Å². The molecule has 0 unspecified atom stereocenters. The summed E-state index contributed by atoms with van der Waals surface area (Å²) in [7, 11) is 0. The minimum atomic E-state index is -0.117. The van der Waals surface area contributed by atoms with Gasteiger partial charge in [-0.2, -0.15) is 0 Å². The van der Waals surface area contributed by atoms with Crippen LogP contribution in [0.3, 0.4) is 0 Å². The van der Waals surface area contributed by atoms with E-state index in [2.05, 4.69) is 0 Å². The fraction of sp³-hybridized carbons (Fsp3) is 0.120. The Labute approximate surface area is 191 Å². The maximum Gasteiger partial charge on any atom is 0.271 e. The van der Waals surface area contributed by atoms with Crippen molar-refractivity contribution in [2.75, 3.05) is 11.5 Å². The summed E-state index contributed by atoms with van der Waals surface area (Å²) < 4.78 is 5.64. The number of halogens is 1. The number of aliphatic imine (C=N–C) groups is 1. The Morgan fingerprint density at radius 1 is 1.03 bits per heavy atom. The molecule has 6 heteroatoms. The first-order chi connectivity index (χ1) is 15.2. The monoisotopic (exact) mass is 448 g/mol. The van der Waals surface area contributed by atoms with Crippen molar-refractivity contribution >= 4 is 51.9 Å². The van der Waals surface area contributed by atoms with Crippen LogP contribution in [0.4, 0.5) is 11.4 Å². The van der Waals surface area contributed by atoms with Gasteiger partial charge in [0.15, 0.2) is 5.17 Å². The molecule has 1 fully saturated rings. The highest BCUT2D eigenvalue weighted by Crippen LogP contribution is 2.38. The predicted octanol–water partition coefficient (Wildman–Crippen LogP) is 6.94. The summed E-state index contributed by atoms with van der Waals surface area (Å²) in [5.74, 6) is 0.529. The number of hydrogen-bond donors (Lipinski definition) is 0. The van der Waals surface area contributed by atoms with E-state index in [9.17, 15) is 4.79 Å². The van der Waals surface area contributed by atoms with E-state index in [0.29, 0.717) is 27.5 Å². The number of carbonyl (C=O) groups excluding carboxylic acids is 1. The highest BCUT2D eigenvalue weighted by Gasteiger charge is 2.34. The summed E-state index contributed by atoms with van der Waals surface area (Å²) in [5.41, 5.74) is 2.40. The van der Waals surface area contributed by atoms with Crippen LogP contribution in [0.2, 0.25) is 5.02 Å². The third-order valence-electron chi connectivity index (χ3n) is 4.52. The van der Waals surface area contributed by atoms with E-state index >= 15 is 0 Å². The number of amidine groups is 1. The van der Waals surface area contributed by atoms with Crippen molar-refractivity contribution in [2.24, 2.45) is 4.99 Å². The number of anilines is 1. The lowest BCUT2D eigenvalue weighted by Gasteiger charge is -2.15. The molecule has 0 N–H and O–H groups in total. The van der Waals surface area contributed by atoms with Crippen molar-refractivity contribution in [1.29, 1.82) is 0 Å². The molecule has 0 aromatic heterocycles. The molecule has 3 aromatic carbocycles. The molecule has 31 heavy (non-hydrogen) atoms. The van der Waals surface area contributed by atoms with Crippen LogP contribution >= 0.6 is 23.4 Å². The quantitative estimate of drug-likeness (QED) is 0.383. The summed E-state index contributed by atoms with van der Waals surface area (Å²) >= 11 is 7.72. The first-order valence-corrected chi connectivity index (χ1v) is 11.2. The van der Waals surface area contributed by atoms with Crippen LogP contribution in [0.15, 0.2) is 88.8 Å². The van der Waals surface area contributed by atoms with Gasteiger partial charge in [-0.1, -0.05) is 61.0 Å². The van der Waals surface area contributed by atoms with Crippen molar-refractivity contribution in [3.05, 3.63) is 94.4 Å². The first kappa shape index (κ1) is 21.2. The highest BCUT2D eigenvalue weighted by molar-refractivity contribution is 8.19. The van der Waals surface area contributed by atoms with Crippen molar-refractivity contribution in [1.82, 2.24) is 0 Å². The second-order valence-electron chi connectivity index (χ2n) is 6.86. The fourth-order valence-corrected chi connectivity index (χ4v) is 4.30. The topological polar surface area (TPSA) is 41.9 Å². The standard InChI is InChI=1S/C25H21ClN2O2S/c1-2-15-30-22-14-13-18(16-21(22)26)17-23-24(29)28(20-11-7-4-8-12-20)25(31-23)27-19-9-5-3-6-10-19/h3-14,16-17H,2,15H2,1H3/b23-17+,27-25?. The molecule has 1 aliphatic rings. The van der Waals surface area contributed by atoms with Crippen molar-refractivity contribution in [3.8, 4) is 5.75 Å². The van der Waals surface area contributed by atoms with E-state index < -0.39 is 0 Å². The molecule has 1 aliphatic heterocycles. The van der Waals surface area contributed by atoms with Crippen LogP contribution in [0, 0.1) is 0 Å². The molecular formula is C25H21ClN2O2S. The van der Waals surface area contributed by atoms with Gasteiger partial charge in [0.05, 0.1) is 27.9 Å². The molecule has 0 aliphatic carbocycles. The maximum atomic E-state index is 13.3. The molecule has 0 saturated carbocycles. The summed E-state index contributed by atoms with van der Waals surface area (Å²) in [4.78, 5) is 20.2. The van der Waals surface area contributed by atoms with E-state index in [1.165, 1.54) is 11.8 Å². The fourth-order valence-electron chi connectivity index (χ4n) is 3.05. The zero-order valence-corrected chi connectivity index (χ0v) is 18.6. The van der Waals surface area contributed by atoms with Gasteiger partial charge in [0.25, 0.3) is 5.91 Å². The Kier molecular flexibility index (Phi) is 6.75. The molecule has 4 rings (SSSR count). The van der Waals surface area contributed by atoms with Crippen LogP contribution in [-0.4, -0.2) is 17.7 Å². The average Bonchev–Trinajstić information content (AvgIpc) is 3.09. The van der Waals surface area contributed by atoms with Gasteiger partial charge in [-0.05, 0) is 66.2 Å². The SMILES string of the molecule is CCCOc1ccc(/C=C2/SC(=Nc3ccccc3)N(c3ccccc3)C2=O)cc1Cl. The molecule has 3 aromatic rings. The van der Waals surface area contributed by atoms with Crippen molar-refractivity contribution in [2.45, 2.75) is 13.3 Å². The Morgan fingerprint density at radius 3 is 2.42 bits per heavy atom. The third kappa shape index (κ3) is 5.01. The van der Waals surface area contributed by atoms with Gasteiger partial charge in [-0.15, -0.1) is 0 Å². The largest absolute Gasteiger partial charge is 0.492 e. The van der Waals surface area contributed by atoms with E-state index in [4.69, 9.17) is 21.3 Å². The molecule has 1 saturated heterocycles. The lowest BCUT2D eigenvalue weighted by molar-refractivity contribution is -0.113. The number of thioether (sulfide) groups is 1. The highest BCUT2D eigenvalue weighted by atomic mass is 35.5. The van der Waals surface area contributed by atoms with E-state index in [-0.39, 0.29) is 5.91 Å². The van der Waals surface area contributed by atoms with Crippen LogP contribution in [0.5, 0.6) is 5.75 Å². The predicted molar refractivity (Wildman–Crippen MR) is 130 cm³/mol. The van der Waals surface area contributed by atoms with Gasteiger partial charge in [0.1, 0.15) is 5.75 Å². The summed E-state index contributed by atoms with van der Waals surface area (Å²) in [6, 6.07) is 24.7. The molecule has 1 amide bonds. The second kappa shape index (κ2) is 9.86. The van der Waals surface area contributed by atoms with E-state index in [0.717, 1.165) is 23.4 Å². The van der Waals surface area contributed by atoms with Gasteiger partial charge in [0, 0.05) is 0 Å². The van der Waals surface area contributed by atoms with Crippen LogP contribution in [0.1, 0.15) is 18.9 Å². The molecule has 1 heterocycles. The zero-order chi connectivity index (χ0) is 21.6. The smallest absolute Gasteiger partial charge is 0.271 e. The van der Waals surface area contributed by atoms with Gasteiger partial charge < -0.3 is 4.74 Å².